The molecule has 0 radical (unpaired) electrons. The number of carbonyl (C=O) groups is 4. The smallest absolute Gasteiger partial charge is 0.409 e. The molecule has 6 aromatic rings. The van der Waals surface area contributed by atoms with Crippen LogP contribution in [0.25, 0.3) is 21.6 Å². The minimum Gasteiger partial charge on any atom is -0.492 e. The lowest BCUT2D eigenvalue weighted by atomic mass is 9.88. The third-order valence-corrected chi connectivity index (χ3v) is 13.6. The van der Waals surface area contributed by atoms with Crippen molar-refractivity contribution in [2.45, 2.75) is 84.9 Å². The quantitative estimate of drug-likeness (QED) is 0.0445. The number of aliphatic hydroxyl groups is 1. The van der Waals surface area contributed by atoms with E-state index in [1.165, 1.54) is 26.5 Å². The second kappa shape index (κ2) is 25.8. The van der Waals surface area contributed by atoms with Crippen molar-refractivity contribution in [3.05, 3.63) is 178 Å². The van der Waals surface area contributed by atoms with Crippen LogP contribution >= 0.6 is 11.3 Å². The summed E-state index contributed by atoms with van der Waals surface area (Å²) in [5.41, 5.74) is 12.3. The van der Waals surface area contributed by atoms with Crippen LogP contribution in [0.4, 0.5) is 4.79 Å². The SMILES string of the molecule is CC/C(=C(\c1ccccc1)c1ccc(OCCN(C)C(=O)OCc2ccc(COCCC(=O)N[C@H](C(=O)N3C[C@H](O)C[C@H]3C(=O)NCc3ccc(-c4scnc4C)cc3)C(C)C)cc2)cc1)c1ccccc1. The topological polar surface area (TPSA) is 160 Å². The number of likely N-dealkylation sites (tertiary alicyclic amines) is 1. The fourth-order valence-corrected chi connectivity index (χ4v) is 9.45. The molecule has 1 aliphatic rings. The first-order valence-electron chi connectivity index (χ1n) is 24.5. The van der Waals surface area contributed by atoms with Crippen LogP contribution in [-0.4, -0.2) is 95.2 Å². The molecule has 3 atom stereocenters. The number of carbonyl (C=O) groups excluding carboxylic acids is 4. The molecule has 0 bridgehead atoms. The average molecular weight is 992 g/mol. The van der Waals surface area contributed by atoms with Gasteiger partial charge in [-0.3, -0.25) is 14.4 Å². The number of hydrogen-bond acceptors (Lipinski definition) is 10. The number of aryl methyl sites for hydroxylation is 1. The molecule has 1 fully saturated rings. The predicted molar refractivity (Wildman–Crippen MR) is 282 cm³/mol. The number of likely N-dealkylation sites (N-methyl/N-ethyl adjacent to an activating group) is 1. The third kappa shape index (κ3) is 14.3. The molecule has 5 aromatic carbocycles. The summed E-state index contributed by atoms with van der Waals surface area (Å²) < 4.78 is 17.4. The zero-order valence-electron chi connectivity index (χ0n) is 41.7. The maximum Gasteiger partial charge on any atom is 0.409 e. The number of aliphatic hydroxyl groups excluding tert-OH is 1. The number of nitrogens with zero attached hydrogens (tertiary/aromatic N) is 3. The van der Waals surface area contributed by atoms with Crippen LogP contribution in [0.15, 0.2) is 139 Å². The van der Waals surface area contributed by atoms with Gasteiger partial charge >= 0.3 is 6.09 Å². The number of amides is 4. The number of ether oxygens (including phenoxy) is 3. The van der Waals surface area contributed by atoms with Gasteiger partial charge in [0.25, 0.3) is 0 Å². The fraction of sp³-hybridized carbons (Fsp3) is 0.328. The molecule has 2 heterocycles. The van der Waals surface area contributed by atoms with E-state index in [0.29, 0.717) is 18.9 Å². The average Bonchev–Trinajstić information content (AvgIpc) is 4.02. The number of hydrogen-bond donors (Lipinski definition) is 3. The Labute approximate surface area is 426 Å². The van der Waals surface area contributed by atoms with Gasteiger partial charge in [-0.1, -0.05) is 142 Å². The Bertz CT molecular complexity index is 2750. The molecule has 0 saturated carbocycles. The van der Waals surface area contributed by atoms with Gasteiger partial charge in [-0.15, -0.1) is 11.3 Å². The summed E-state index contributed by atoms with van der Waals surface area (Å²) in [6.45, 7) is 9.14. The molecule has 4 amide bonds. The largest absolute Gasteiger partial charge is 0.492 e. The van der Waals surface area contributed by atoms with Crippen molar-refractivity contribution in [1.82, 2.24) is 25.4 Å². The zero-order chi connectivity index (χ0) is 51.0. The Hall–Kier alpha value is -7.13. The maximum atomic E-state index is 13.8. The summed E-state index contributed by atoms with van der Waals surface area (Å²) in [6, 6.07) is 42.6. The van der Waals surface area contributed by atoms with Crippen molar-refractivity contribution in [3.8, 4) is 16.2 Å². The van der Waals surface area contributed by atoms with Gasteiger partial charge in [0.2, 0.25) is 17.7 Å². The maximum absolute atomic E-state index is 13.8. The van der Waals surface area contributed by atoms with Crippen molar-refractivity contribution in [3.63, 3.8) is 0 Å². The van der Waals surface area contributed by atoms with Crippen LogP contribution in [0.1, 0.15) is 79.1 Å². The highest BCUT2D eigenvalue weighted by molar-refractivity contribution is 7.13. The molecule has 1 saturated heterocycles. The van der Waals surface area contributed by atoms with Gasteiger partial charge in [0.15, 0.2) is 0 Å². The zero-order valence-corrected chi connectivity index (χ0v) is 42.5. The van der Waals surface area contributed by atoms with Crippen molar-refractivity contribution >= 4 is 46.3 Å². The first-order valence-corrected chi connectivity index (χ1v) is 25.4. The minimum absolute atomic E-state index is 0.00195. The van der Waals surface area contributed by atoms with E-state index in [1.54, 1.807) is 18.4 Å². The number of aromatic nitrogens is 1. The summed E-state index contributed by atoms with van der Waals surface area (Å²) in [7, 11) is 1.67. The van der Waals surface area contributed by atoms with Crippen molar-refractivity contribution in [2.75, 3.05) is 33.4 Å². The highest BCUT2D eigenvalue weighted by atomic mass is 32.1. The summed E-state index contributed by atoms with van der Waals surface area (Å²) in [5.74, 6) is -0.709. The van der Waals surface area contributed by atoms with E-state index >= 15 is 0 Å². The molecule has 0 unspecified atom stereocenters. The number of allylic oxidation sites excluding steroid dienone is 1. The molecule has 0 aliphatic carbocycles. The monoisotopic (exact) mass is 991 g/mol. The van der Waals surface area contributed by atoms with Gasteiger partial charge in [0, 0.05) is 33.0 Å². The van der Waals surface area contributed by atoms with Crippen LogP contribution < -0.4 is 15.4 Å². The van der Waals surface area contributed by atoms with Gasteiger partial charge in [0.1, 0.15) is 31.0 Å². The van der Waals surface area contributed by atoms with Crippen molar-refractivity contribution < 1.29 is 38.5 Å². The second-order valence-corrected chi connectivity index (χ2v) is 19.1. The molecule has 7 rings (SSSR count). The number of benzene rings is 5. The fourth-order valence-electron chi connectivity index (χ4n) is 8.64. The van der Waals surface area contributed by atoms with Crippen LogP contribution in [0, 0.1) is 12.8 Å². The lowest BCUT2D eigenvalue weighted by Gasteiger charge is -2.30. The van der Waals surface area contributed by atoms with Gasteiger partial charge in [-0.2, -0.15) is 0 Å². The predicted octanol–water partition coefficient (Wildman–Crippen LogP) is 9.46. The standard InChI is InChI=1S/C58H65N5O8S/c1-6-50(44-13-9-7-10-14-44)53(45-15-11-8-12-16-45)46-25-27-49(28-26-46)70-32-30-62(5)58(68)71-37-43-19-17-42(18-20-43)36-69-31-29-52(65)61-54(39(2)3)57(67)63-35-48(64)33-51(63)56(66)59-34-41-21-23-47(24-22-41)55-40(4)60-38-72-55/h7-28,38-39,48,51,54,64H,6,29-37H2,1-5H3,(H,59,66)(H,61,65)/b53-50-/t48-,51+,54+/m1/s1. The Morgan fingerprint density at radius 2 is 1.43 bits per heavy atom. The Morgan fingerprint density at radius 3 is 2.06 bits per heavy atom. The number of nitrogens with one attached hydrogen (secondary N) is 2. The first kappa shape index (κ1) is 52.7. The van der Waals surface area contributed by atoms with E-state index in [0.717, 1.165) is 50.4 Å². The molecular formula is C58H65N5O8S. The summed E-state index contributed by atoms with van der Waals surface area (Å²) in [5, 5.41) is 16.3. The van der Waals surface area contributed by atoms with Gasteiger partial charge < -0.3 is 39.8 Å². The molecule has 376 valence electrons. The molecule has 13 nitrogen and oxygen atoms in total. The van der Waals surface area contributed by atoms with Gasteiger partial charge in [-0.25, -0.2) is 9.78 Å². The minimum atomic E-state index is -0.892. The molecule has 0 spiro atoms. The first-order chi connectivity index (χ1) is 34.9. The molecule has 14 heteroatoms. The van der Waals surface area contributed by atoms with E-state index in [2.05, 4.69) is 83.2 Å². The Kier molecular flexibility index (Phi) is 18.9. The van der Waals surface area contributed by atoms with Crippen molar-refractivity contribution in [2.24, 2.45) is 5.92 Å². The molecule has 3 N–H and O–H groups in total. The molecule has 1 aromatic heterocycles. The summed E-state index contributed by atoms with van der Waals surface area (Å²) in [6.07, 6.45) is -0.326. The number of β-amino-alcohol motifs (C(OH)–C–C–N with tert-alkyl or cyclic N) is 1. The van der Waals surface area contributed by atoms with E-state index in [-0.39, 0.29) is 63.5 Å². The summed E-state index contributed by atoms with van der Waals surface area (Å²) >= 11 is 1.57. The molecular weight excluding hydrogens is 927 g/mol. The van der Waals surface area contributed by atoms with E-state index in [1.807, 2.05) is 99.1 Å². The Morgan fingerprint density at radius 1 is 0.806 bits per heavy atom. The van der Waals surface area contributed by atoms with Crippen LogP contribution in [0.5, 0.6) is 5.75 Å². The molecule has 72 heavy (non-hydrogen) atoms. The number of rotatable bonds is 22. The Balaban J connectivity index is 0.800. The van der Waals surface area contributed by atoms with E-state index in [4.69, 9.17) is 14.2 Å². The highest BCUT2D eigenvalue weighted by Gasteiger charge is 2.42. The third-order valence-electron chi connectivity index (χ3n) is 12.7. The van der Waals surface area contributed by atoms with Crippen LogP contribution in [0.2, 0.25) is 0 Å². The van der Waals surface area contributed by atoms with Gasteiger partial charge in [-0.05, 0) is 81.5 Å². The van der Waals surface area contributed by atoms with Crippen LogP contribution in [-0.2, 0) is 43.6 Å². The van der Waals surface area contributed by atoms with E-state index < -0.39 is 30.2 Å². The highest BCUT2D eigenvalue weighted by Crippen LogP contribution is 2.35. The second-order valence-electron chi connectivity index (χ2n) is 18.3. The molecule has 1 aliphatic heterocycles. The van der Waals surface area contributed by atoms with E-state index in [9.17, 15) is 24.3 Å². The number of thiazole rings is 1. The van der Waals surface area contributed by atoms with Crippen molar-refractivity contribution in [1.29, 1.82) is 0 Å². The lowest BCUT2D eigenvalue weighted by molar-refractivity contribution is -0.142. The lowest BCUT2D eigenvalue weighted by Crippen LogP contribution is -2.55. The van der Waals surface area contributed by atoms with Crippen LogP contribution in [0.3, 0.4) is 0 Å². The van der Waals surface area contributed by atoms with Gasteiger partial charge in [0.05, 0.1) is 41.9 Å². The normalized spacial score (nSPS) is 15.1. The summed E-state index contributed by atoms with van der Waals surface area (Å²) in [4.78, 5) is 61.4.